The molecule has 0 atom stereocenters. The lowest BCUT2D eigenvalue weighted by atomic mass is 9.99. The molecule has 4 aromatic rings. The fraction of sp³-hybridized carbons (Fsp3) is 0.0526. The van der Waals surface area contributed by atoms with Crippen LogP contribution in [-0.4, -0.2) is 11.3 Å². The lowest BCUT2D eigenvalue weighted by Gasteiger charge is -2.09. The number of pyridine rings is 1. The minimum Gasteiger partial charge on any atom is -0.298 e. The van der Waals surface area contributed by atoms with E-state index in [2.05, 4.69) is 12.1 Å². The van der Waals surface area contributed by atoms with Crippen molar-refractivity contribution in [3.05, 3.63) is 65.7 Å². The first-order valence-electron chi connectivity index (χ1n) is 6.95. The highest BCUT2D eigenvalue weighted by Crippen LogP contribution is 2.30. The standard InChI is InChI=1S/C19H13NO/c1-12-6-8-15-17(11-21)16-9-7-13-4-2-3-5-14(13)19(16)20-18(15)10-12/h2-11H,1H3. The third-order valence-corrected chi connectivity index (χ3v) is 3.98. The topological polar surface area (TPSA) is 30.0 Å². The van der Waals surface area contributed by atoms with E-state index in [4.69, 9.17) is 4.98 Å². The van der Waals surface area contributed by atoms with Crippen molar-refractivity contribution in [2.24, 2.45) is 0 Å². The third kappa shape index (κ3) is 1.73. The monoisotopic (exact) mass is 271 g/mol. The maximum Gasteiger partial charge on any atom is 0.151 e. The summed E-state index contributed by atoms with van der Waals surface area (Å²) in [4.78, 5) is 16.4. The van der Waals surface area contributed by atoms with Gasteiger partial charge in [-0.1, -0.05) is 48.5 Å². The molecule has 2 nitrogen and oxygen atoms in total. The van der Waals surface area contributed by atoms with Gasteiger partial charge in [0.2, 0.25) is 0 Å². The van der Waals surface area contributed by atoms with Crippen LogP contribution < -0.4 is 0 Å². The number of benzene rings is 3. The van der Waals surface area contributed by atoms with E-state index in [1.807, 2.05) is 49.4 Å². The van der Waals surface area contributed by atoms with Crippen LogP contribution in [0, 0.1) is 6.92 Å². The number of aryl methyl sites for hydroxylation is 1. The number of fused-ring (bicyclic) bond motifs is 4. The molecule has 0 aliphatic rings. The Labute approximate surface area is 122 Å². The highest BCUT2D eigenvalue weighted by Gasteiger charge is 2.10. The van der Waals surface area contributed by atoms with Crippen molar-refractivity contribution in [2.75, 3.05) is 0 Å². The van der Waals surface area contributed by atoms with E-state index < -0.39 is 0 Å². The van der Waals surface area contributed by atoms with E-state index in [-0.39, 0.29) is 0 Å². The molecule has 0 unspecified atom stereocenters. The van der Waals surface area contributed by atoms with Crippen molar-refractivity contribution in [1.82, 2.24) is 4.98 Å². The second kappa shape index (κ2) is 4.38. The second-order valence-corrected chi connectivity index (χ2v) is 5.35. The number of carbonyl (C=O) groups is 1. The molecule has 1 aromatic heterocycles. The smallest absolute Gasteiger partial charge is 0.151 e. The molecule has 0 saturated carbocycles. The molecule has 0 fully saturated rings. The predicted molar refractivity (Wildman–Crippen MR) is 86.9 cm³/mol. The lowest BCUT2D eigenvalue weighted by molar-refractivity contribution is 0.112. The van der Waals surface area contributed by atoms with Crippen LogP contribution in [0.5, 0.6) is 0 Å². The first kappa shape index (κ1) is 12.0. The SMILES string of the molecule is Cc1ccc2c(C=O)c3ccc4ccccc4c3nc2c1. The zero-order chi connectivity index (χ0) is 14.4. The normalized spacial score (nSPS) is 11.3. The van der Waals surface area contributed by atoms with Crippen LogP contribution >= 0.6 is 0 Å². The summed E-state index contributed by atoms with van der Waals surface area (Å²) in [5.41, 5.74) is 3.64. The lowest BCUT2D eigenvalue weighted by Crippen LogP contribution is -1.92. The Morgan fingerprint density at radius 2 is 1.71 bits per heavy atom. The first-order valence-corrected chi connectivity index (χ1v) is 6.95. The van der Waals surface area contributed by atoms with Crippen molar-refractivity contribution in [2.45, 2.75) is 6.92 Å². The van der Waals surface area contributed by atoms with Gasteiger partial charge in [0.15, 0.2) is 6.29 Å². The van der Waals surface area contributed by atoms with Gasteiger partial charge in [0.25, 0.3) is 0 Å². The van der Waals surface area contributed by atoms with E-state index in [9.17, 15) is 4.79 Å². The molecule has 0 radical (unpaired) electrons. The maximum atomic E-state index is 11.6. The van der Waals surface area contributed by atoms with E-state index in [0.717, 1.165) is 50.0 Å². The van der Waals surface area contributed by atoms with Gasteiger partial charge in [-0.15, -0.1) is 0 Å². The van der Waals surface area contributed by atoms with Crippen LogP contribution in [-0.2, 0) is 0 Å². The highest BCUT2D eigenvalue weighted by molar-refractivity contribution is 6.16. The van der Waals surface area contributed by atoms with Gasteiger partial charge < -0.3 is 0 Å². The average molecular weight is 271 g/mol. The third-order valence-electron chi connectivity index (χ3n) is 3.98. The van der Waals surface area contributed by atoms with E-state index in [1.165, 1.54) is 0 Å². The van der Waals surface area contributed by atoms with Crippen molar-refractivity contribution in [3.8, 4) is 0 Å². The van der Waals surface area contributed by atoms with E-state index in [0.29, 0.717) is 0 Å². The van der Waals surface area contributed by atoms with Crippen molar-refractivity contribution >= 4 is 38.9 Å². The summed E-state index contributed by atoms with van der Waals surface area (Å²) in [6.45, 7) is 2.04. The Balaban J connectivity index is 2.31. The number of nitrogens with zero attached hydrogens (tertiary/aromatic N) is 1. The fourth-order valence-electron chi connectivity index (χ4n) is 2.95. The largest absolute Gasteiger partial charge is 0.298 e. The molecule has 0 amide bonds. The van der Waals surface area contributed by atoms with Crippen molar-refractivity contribution < 1.29 is 4.79 Å². The number of carbonyl (C=O) groups excluding carboxylic acids is 1. The molecular weight excluding hydrogens is 258 g/mol. The van der Waals surface area contributed by atoms with Crippen LogP contribution in [0.25, 0.3) is 32.6 Å². The number of rotatable bonds is 1. The summed E-state index contributed by atoms with van der Waals surface area (Å²) in [7, 11) is 0. The predicted octanol–water partition coefficient (Wildman–Crippen LogP) is 4.66. The Bertz CT molecular complexity index is 1020. The van der Waals surface area contributed by atoms with Gasteiger partial charge in [-0.2, -0.15) is 0 Å². The summed E-state index contributed by atoms with van der Waals surface area (Å²) < 4.78 is 0. The molecule has 3 aromatic carbocycles. The number of hydrogen-bond donors (Lipinski definition) is 0. The van der Waals surface area contributed by atoms with E-state index in [1.54, 1.807) is 0 Å². The van der Waals surface area contributed by atoms with Crippen LogP contribution in [0.3, 0.4) is 0 Å². The number of aromatic nitrogens is 1. The highest BCUT2D eigenvalue weighted by atomic mass is 16.1. The Hall–Kier alpha value is -2.74. The fourth-order valence-corrected chi connectivity index (χ4v) is 2.95. The quantitative estimate of drug-likeness (QED) is 0.286. The van der Waals surface area contributed by atoms with Gasteiger partial charge in [0, 0.05) is 21.7 Å². The van der Waals surface area contributed by atoms with Gasteiger partial charge in [0.05, 0.1) is 11.0 Å². The molecule has 21 heavy (non-hydrogen) atoms. The average Bonchev–Trinajstić information content (AvgIpc) is 2.52. The van der Waals surface area contributed by atoms with Gasteiger partial charge in [0.1, 0.15) is 0 Å². The van der Waals surface area contributed by atoms with Gasteiger partial charge in [-0.25, -0.2) is 4.98 Å². The molecule has 0 saturated heterocycles. The summed E-state index contributed by atoms with van der Waals surface area (Å²) in [6.07, 6.45) is 0.941. The summed E-state index contributed by atoms with van der Waals surface area (Å²) >= 11 is 0. The molecule has 4 rings (SSSR count). The summed E-state index contributed by atoms with van der Waals surface area (Å²) in [5, 5.41) is 4.06. The zero-order valence-electron chi connectivity index (χ0n) is 11.6. The summed E-state index contributed by atoms with van der Waals surface area (Å²) in [5.74, 6) is 0. The van der Waals surface area contributed by atoms with Crippen LogP contribution in [0.1, 0.15) is 15.9 Å². The number of aldehydes is 1. The maximum absolute atomic E-state index is 11.6. The molecule has 0 N–H and O–H groups in total. The Morgan fingerprint density at radius 1 is 0.905 bits per heavy atom. The van der Waals surface area contributed by atoms with E-state index >= 15 is 0 Å². The minimum absolute atomic E-state index is 0.723. The molecule has 0 aliphatic heterocycles. The van der Waals surface area contributed by atoms with Crippen LogP contribution in [0.4, 0.5) is 0 Å². The number of hydrogen-bond acceptors (Lipinski definition) is 2. The second-order valence-electron chi connectivity index (χ2n) is 5.35. The van der Waals surface area contributed by atoms with Crippen molar-refractivity contribution in [1.29, 1.82) is 0 Å². The Morgan fingerprint density at radius 3 is 2.57 bits per heavy atom. The van der Waals surface area contributed by atoms with Gasteiger partial charge >= 0.3 is 0 Å². The van der Waals surface area contributed by atoms with Crippen LogP contribution in [0.2, 0.25) is 0 Å². The molecule has 0 aliphatic carbocycles. The van der Waals surface area contributed by atoms with Crippen molar-refractivity contribution in [3.63, 3.8) is 0 Å². The molecule has 2 heteroatoms. The minimum atomic E-state index is 0.723. The Kier molecular flexibility index (Phi) is 2.51. The first-order chi connectivity index (χ1) is 10.3. The molecule has 0 spiro atoms. The van der Waals surface area contributed by atoms with Crippen LogP contribution in [0.15, 0.2) is 54.6 Å². The van der Waals surface area contributed by atoms with Gasteiger partial charge in [-0.05, 0) is 23.9 Å². The molecule has 1 heterocycles. The van der Waals surface area contributed by atoms with Gasteiger partial charge in [-0.3, -0.25) is 4.79 Å². The summed E-state index contributed by atoms with van der Waals surface area (Å²) in [6, 6.07) is 18.2. The molecule has 0 bridgehead atoms. The zero-order valence-corrected chi connectivity index (χ0v) is 11.6. The molecular formula is C19H13NO. The molecule has 100 valence electrons.